The van der Waals surface area contributed by atoms with E-state index in [-0.39, 0.29) is 35.6 Å². The number of nitrogens with two attached hydrogens (primary N) is 1. The van der Waals surface area contributed by atoms with Crippen LogP contribution in [-0.2, 0) is 4.79 Å². The molecule has 0 spiro atoms. The topological polar surface area (TPSA) is 70.4 Å². The van der Waals surface area contributed by atoms with Gasteiger partial charge in [0.2, 0.25) is 5.91 Å². The molecule has 1 aromatic carbocycles. The highest BCUT2D eigenvalue weighted by molar-refractivity contribution is 5.85. The summed E-state index contributed by atoms with van der Waals surface area (Å²) in [5.41, 5.74) is 13.3. The summed E-state index contributed by atoms with van der Waals surface area (Å²) in [5, 5.41) is 0. The van der Waals surface area contributed by atoms with Gasteiger partial charge >= 0.3 is 0 Å². The highest BCUT2D eigenvalue weighted by Crippen LogP contribution is 2.25. The van der Waals surface area contributed by atoms with Crippen molar-refractivity contribution in [2.75, 3.05) is 13.6 Å². The smallest absolute Gasteiger partial charge is 0.239 e. The Morgan fingerprint density at radius 1 is 1.38 bits per heavy atom. The number of nitrogens with zero attached hydrogens (tertiary/aromatic N) is 1. The molecular formula is C19H32ClFN4O. The minimum Gasteiger partial charge on any atom is -0.344 e. The van der Waals surface area contributed by atoms with E-state index in [1.54, 1.807) is 17.0 Å². The first-order chi connectivity index (χ1) is 11.7. The molecule has 1 aliphatic heterocycles. The molecule has 5 nitrogen and oxygen atoms in total. The molecular weight excluding hydrogens is 355 g/mol. The molecule has 1 fully saturated rings. The molecule has 1 aromatic rings. The summed E-state index contributed by atoms with van der Waals surface area (Å²) in [4.78, 5) is 14.0. The Balaban J connectivity index is 0.00000338. The Morgan fingerprint density at radius 2 is 2.08 bits per heavy atom. The van der Waals surface area contributed by atoms with Crippen molar-refractivity contribution in [1.29, 1.82) is 0 Å². The summed E-state index contributed by atoms with van der Waals surface area (Å²) in [7, 11) is 1.81. The molecule has 2 rings (SSSR count). The van der Waals surface area contributed by atoms with Gasteiger partial charge in [0.05, 0.1) is 6.04 Å². The third kappa shape index (κ3) is 6.20. The summed E-state index contributed by atoms with van der Waals surface area (Å²) < 4.78 is 13.3. The monoisotopic (exact) mass is 386 g/mol. The zero-order valence-electron chi connectivity index (χ0n) is 16.1. The zero-order chi connectivity index (χ0) is 18.6. The van der Waals surface area contributed by atoms with E-state index in [0.717, 1.165) is 24.8 Å². The van der Waals surface area contributed by atoms with Gasteiger partial charge in [-0.3, -0.25) is 15.6 Å². The number of hydrazine groups is 1. The van der Waals surface area contributed by atoms with Crippen molar-refractivity contribution in [1.82, 2.24) is 15.8 Å². The van der Waals surface area contributed by atoms with Crippen LogP contribution in [0.2, 0.25) is 0 Å². The lowest BCUT2D eigenvalue weighted by molar-refractivity contribution is -0.133. The highest BCUT2D eigenvalue weighted by atomic mass is 35.5. The van der Waals surface area contributed by atoms with Crippen molar-refractivity contribution >= 4 is 18.3 Å². The van der Waals surface area contributed by atoms with Crippen LogP contribution in [0.25, 0.3) is 0 Å². The Labute approximate surface area is 162 Å². The van der Waals surface area contributed by atoms with Gasteiger partial charge in [-0.1, -0.05) is 32.9 Å². The summed E-state index contributed by atoms with van der Waals surface area (Å²) in [5.74, 6) is -0.222. The van der Waals surface area contributed by atoms with Gasteiger partial charge in [0, 0.05) is 25.7 Å². The largest absolute Gasteiger partial charge is 0.344 e. The predicted molar refractivity (Wildman–Crippen MR) is 105 cm³/mol. The molecule has 0 saturated carbocycles. The van der Waals surface area contributed by atoms with E-state index in [4.69, 9.17) is 5.73 Å². The lowest BCUT2D eigenvalue weighted by Crippen LogP contribution is -2.49. The minimum atomic E-state index is -0.485. The number of hydrogen-bond acceptors (Lipinski definition) is 4. The Kier molecular flexibility index (Phi) is 8.47. The zero-order valence-corrected chi connectivity index (χ0v) is 16.9. The van der Waals surface area contributed by atoms with Crippen molar-refractivity contribution in [3.8, 4) is 0 Å². The van der Waals surface area contributed by atoms with Gasteiger partial charge in [0.25, 0.3) is 0 Å². The first-order valence-corrected chi connectivity index (χ1v) is 8.95. The number of hydrogen-bond donors (Lipinski definition) is 3. The standard InChI is InChI=1S/C19H31FN4O.ClH/c1-19(2,3)17(21)18(25)24(4)10-6-9-15-12-16(23-22-15)13-7-5-8-14(20)11-13;/h5,7-8,11,15-17,22-23H,6,9-10,12,21H2,1-4H3;1H/t15?,16?,17-;/m1./s1. The van der Waals surface area contributed by atoms with Gasteiger partial charge in [-0.25, -0.2) is 4.39 Å². The van der Waals surface area contributed by atoms with E-state index < -0.39 is 6.04 Å². The highest BCUT2D eigenvalue weighted by Gasteiger charge is 2.30. The average molecular weight is 387 g/mol. The molecule has 2 unspecified atom stereocenters. The fraction of sp³-hybridized carbons (Fsp3) is 0.632. The van der Waals surface area contributed by atoms with Gasteiger partial charge < -0.3 is 10.6 Å². The van der Waals surface area contributed by atoms with Gasteiger partial charge in [-0.15, -0.1) is 12.4 Å². The van der Waals surface area contributed by atoms with Crippen molar-refractivity contribution in [2.45, 2.75) is 58.2 Å². The summed E-state index contributed by atoms with van der Waals surface area (Å²) >= 11 is 0. The van der Waals surface area contributed by atoms with Crippen molar-refractivity contribution in [3.63, 3.8) is 0 Å². The molecule has 26 heavy (non-hydrogen) atoms. The Hall–Kier alpha value is -1.21. The normalized spacial score (nSPS) is 21.2. The first kappa shape index (κ1) is 22.8. The van der Waals surface area contributed by atoms with Crippen LogP contribution >= 0.6 is 12.4 Å². The second-order valence-electron chi connectivity index (χ2n) is 8.07. The number of rotatable bonds is 6. The molecule has 1 amide bonds. The minimum absolute atomic E-state index is 0. The molecule has 1 heterocycles. The summed E-state index contributed by atoms with van der Waals surface area (Å²) in [6.07, 6.45) is 2.75. The molecule has 1 saturated heterocycles. The second kappa shape index (κ2) is 9.65. The van der Waals surface area contributed by atoms with Crippen LogP contribution in [0.4, 0.5) is 4.39 Å². The molecule has 7 heteroatoms. The van der Waals surface area contributed by atoms with Gasteiger partial charge in [-0.2, -0.15) is 0 Å². The maximum absolute atomic E-state index is 13.3. The van der Waals surface area contributed by atoms with E-state index in [2.05, 4.69) is 10.9 Å². The van der Waals surface area contributed by atoms with Crippen molar-refractivity contribution in [2.24, 2.45) is 11.1 Å². The third-order valence-corrected chi connectivity index (χ3v) is 4.85. The maximum atomic E-state index is 13.3. The van der Waals surface area contributed by atoms with Crippen LogP contribution in [0.5, 0.6) is 0 Å². The van der Waals surface area contributed by atoms with E-state index >= 15 is 0 Å². The SMILES string of the molecule is CN(CCCC1CC(c2cccc(F)c2)NN1)C(=O)[C@@H](N)C(C)(C)C.Cl. The maximum Gasteiger partial charge on any atom is 0.239 e. The van der Waals surface area contributed by atoms with Crippen LogP contribution in [0, 0.1) is 11.2 Å². The first-order valence-electron chi connectivity index (χ1n) is 8.95. The molecule has 3 atom stereocenters. The molecule has 148 valence electrons. The van der Waals surface area contributed by atoms with Gasteiger partial charge in [-0.05, 0) is 42.4 Å². The van der Waals surface area contributed by atoms with E-state index in [1.165, 1.54) is 6.07 Å². The third-order valence-electron chi connectivity index (χ3n) is 4.85. The number of likely N-dealkylation sites (N-methyl/N-ethyl adjacent to an activating group) is 1. The van der Waals surface area contributed by atoms with Crippen molar-refractivity contribution < 1.29 is 9.18 Å². The summed E-state index contributed by atoms with van der Waals surface area (Å²) in [6, 6.07) is 6.65. The predicted octanol–water partition coefficient (Wildman–Crippen LogP) is 2.77. The number of benzene rings is 1. The Morgan fingerprint density at radius 3 is 2.69 bits per heavy atom. The molecule has 4 N–H and O–H groups in total. The fourth-order valence-corrected chi connectivity index (χ4v) is 3.05. The molecule has 0 bridgehead atoms. The number of carbonyl (C=O) groups is 1. The molecule has 0 aromatic heterocycles. The lowest BCUT2D eigenvalue weighted by atomic mass is 9.86. The van der Waals surface area contributed by atoms with Crippen LogP contribution in [-0.4, -0.2) is 36.5 Å². The van der Waals surface area contributed by atoms with Crippen LogP contribution in [0.1, 0.15) is 51.6 Å². The van der Waals surface area contributed by atoms with E-state index in [1.807, 2.05) is 33.9 Å². The average Bonchev–Trinajstić information content (AvgIpc) is 3.01. The lowest BCUT2D eigenvalue weighted by Gasteiger charge is -2.30. The number of halogens is 2. The van der Waals surface area contributed by atoms with Gasteiger partial charge in [0.1, 0.15) is 5.82 Å². The van der Waals surface area contributed by atoms with Crippen molar-refractivity contribution in [3.05, 3.63) is 35.6 Å². The summed E-state index contributed by atoms with van der Waals surface area (Å²) in [6.45, 7) is 6.61. The van der Waals surface area contributed by atoms with Crippen LogP contribution < -0.4 is 16.6 Å². The van der Waals surface area contributed by atoms with E-state index in [9.17, 15) is 9.18 Å². The Bertz CT molecular complexity index is 593. The second-order valence-corrected chi connectivity index (χ2v) is 8.07. The van der Waals surface area contributed by atoms with Crippen LogP contribution in [0.3, 0.4) is 0 Å². The van der Waals surface area contributed by atoms with E-state index in [0.29, 0.717) is 12.6 Å². The van der Waals surface area contributed by atoms with Crippen LogP contribution in [0.15, 0.2) is 24.3 Å². The molecule has 0 radical (unpaired) electrons. The number of carbonyl (C=O) groups excluding carboxylic acids is 1. The molecule has 1 aliphatic rings. The quantitative estimate of drug-likeness (QED) is 0.703. The number of amides is 1. The fourth-order valence-electron chi connectivity index (χ4n) is 3.05. The molecule has 0 aliphatic carbocycles. The van der Waals surface area contributed by atoms with Gasteiger partial charge in [0.15, 0.2) is 0 Å². The number of nitrogens with one attached hydrogen (secondary N) is 2.